The van der Waals surface area contributed by atoms with E-state index in [0.717, 1.165) is 58.5 Å². The number of hydrogen-bond acceptors (Lipinski definition) is 4. The molecule has 3 aliphatic heterocycles. The van der Waals surface area contributed by atoms with E-state index < -0.39 is 0 Å². The quantitative estimate of drug-likeness (QED) is 0.813. The first-order valence-corrected chi connectivity index (χ1v) is 9.50. The van der Waals surface area contributed by atoms with Crippen molar-refractivity contribution in [3.05, 3.63) is 0 Å². The summed E-state index contributed by atoms with van der Waals surface area (Å²) in [6.45, 7) is 5.63. The van der Waals surface area contributed by atoms with E-state index >= 15 is 0 Å². The summed E-state index contributed by atoms with van der Waals surface area (Å²) >= 11 is 0. The molecule has 0 aromatic carbocycles. The molecule has 0 bridgehead atoms. The fourth-order valence-corrected chi connectivity index (χ4v) is 4.24. The van der Waals surface area contributed by atoms with Crippen molar-refractivity contribution in [2.75, 3.05) is 39.5 Å². The number of nitrogens with zero attached hydrogens (tertiary/aromatic N) is 1. The van der Waals surface area contributed by atoms with E-state index in [1.807, 2.05) is 0 Å². The Morgan fingerprint density at radius 3 is 2.57 bits per heavy atom. The van der Waals surface area contributed by atoms with Crippen molar-refractivity contribution in [3.8, 4) is 0 Å². The maximum atomic E-state index is 12.3. The van der Waals surface area contributed by atoms with Gasteiger partial charge in [-0.3, -0.25) is 9.69 Å². The minimum Gasteiger partial charge on any atom is -0.381 e. The van der Waals surface area contributed by atoms with Gasteiger partial charge in [0.25, 0.3) is 0 Å². The molecule has 5 heteroatoms. The van der Waals surface area contributed by atoms with Crippen LogP contribution in [0.3, 0.4) is 0 Å². The zero-order chi connectivity index (χ0) is 16.0. The van der Waals surface area contributed by atoms with Crippen LogP contribution in [0.2, 0.25) is 0 Å². The third kappa shape index (κ3) is 4.68. The topological polar surface area (TPSA) is 50.8 Å². The van der Waals surface area contributed by atoms with Crippen molar-refractivity contribution in [1.29, 1.82) is 0 Å². The molecule has 1 N–H and O–H groups in total. The van der Waals surface area contributed by atoms with E-state index in [-0.39, 0.29) is 11.4 Å². The van der Waals surface area contributed by atoms with Crippen LogP contribution in [0.4, 0.5) is 0 Å². The molecule has 0 spiro atoms. The van der Waals surface area contributed by atoms with E-state index in [1.54, 1.807) is 0 Å². The number of likely N-dealkylation sites (tertiary alicyclic amines) is 1. The highest BCUT2D eigenvalue weighted by atomic mass is 16.5. The number of ether oxygens (including phenoxy) is 2. The highest BCUT2D eigenvalue weighted by Gasteiger charge is 2.39. The van der Waals surface area contributed by atoms with E-state index in [1.165, 1.54) is 32.4 Å². The molecular formula is C18H32N2O3. The molecule has 5 nitrogen and oxygen atoms in total. The summed E-state index contributed by atoms with van der Waals surface area (Å²) < 4.78 is 11.2. The first-order valence-electron chi connectivity index (χ1n) is 9.50. The molecule has 0 aromatic rings. The molecule has 3 rings (SSSR count). The highest BCUT2D eigenvalue weighted by Crippen LogP contribution is 2.30. The van der Waals surface area contributed by atoms with E-state index in [9.17, 15) is 4.79 Å². The molecular weight excluding hydrogens is 292 g/mol. The van der Waals surface area contributed by atoms with Crippen LogP contribution in [-0.4, -0.2) is 61.9 Å². The van der Waals surface area contributed by atoms with Crippen molar-refractivity contribution in [2.24, 2.45) is 0 Å². The Kier molecular flexibility index (Phi) is 6.31. The zero-order valence-electron chi connectivity index (χ0n) is 14.4. The van der Waals surface area contributed by atoms with Crippen LogP contribution in [0, 0.1) is 0 Å². The Balaban J connectivity index is 1.48. The molecule has 0 aliphatic carbocycles. The summed E-state index contributed by atoms with van der Waals surface area (Å²) in [4.78, 5) is 14.9. The average molecular weight is 324 g/mol. The van der Waals surface area contributed by atoms with E-state index in [2.05, 4.69) is 10.2 Å². The van der Waals surface area contributed by atoms with Gasteiger partial charge in [0.1, 0.15) is 0 Å². The fraction of sp³-hybridized carbons (Fsp3) is 0.944. The van der Waals surface area contributed by atoms with Crippen LogP contribution in [-0.2, 0) is 14.3 Å². The smallest absolute Gasteiger partial charge is 0.220 e. The molecule has 3 aliphatic rings. The number of carbonyl (C=O) groups excluding carboxylic acids is 1. The minimum atomic E-state index is 0.123. The van der Waals surface area contributed by atoms with Gasteiger partial charge < -0.3 is 14.8 Å². The van der Waals surface area contributed by atoms with Crippen LogP contribution in [0.5, 0.6) is 0 Å². The van der Waals surface area contributed by atoms with E-state index in [0.29, 0.717) is 12.5 Å². The van der Waals surface area contributed by atoms with Crippen LogP contribution >= 0.6 is 0 Å². The lowest BCUT2D eigenvalue weighted by Gasteiger charge is -2.48. The van der Waals surface area contributed by atoms with Crippen molar-refractivity contribution >= 4 is 5.91 Å². The van der Waals surface area contributed by atoms with E-state index in [4.69, 9.17) is 9.47 Å². The van der Waals surface area contributed by atoms with Crippen molar-refractivity contribution < 1.29 is 14.3 Å². The second kappa shape index (κ2) is 8.45. The Morgan fingerprint density at radius 1 is 1.09 bits per heavy atom. The molecule has 1 amide bonds. The van der Waals surface area contributed by atoms with Gasteiger partial charge in [-0.05, 0) is 58.0 Å². The third-order valence-corrected chi connectivity index (χ3v) is 5.78. The molecule has 0 aromatic heterocycles. The van der Waals surface area contributed by atoms with Crippen molar-refractivity contribution in [3.63, 3.8) is 0 Å². The molecule has 1 atom stereocenters. The predicted molar refractivity (Wildman–Crippen MR) is 89.4 cm³/mol. The highest BCUT2D eigenvalue weighted by molar-refractivity contribution is 5.76. The van der Waals surface area contributed by atoms with Gasteiger partial charge in [0.2, 0.25) is 5.91 Å². The van der Waals surface area contributed by atoms with Crippen molar-refractivity contribution in [2.45, 2.75) is 69.4 Å². The summed E-state index contributed by atoms with van der Waals surface area (Å²) in [6, 6.07) is 0. The van der Waals surface area contributed by atoms with Gasteiger partial charge in [-0.25, -0.2) is 0 Å². The largest absolute Gasteiger partial charge is 0.381 e. The Morgan fingerprint density at radius 2 is 1.87 bits per heavy atom. The Hall–Kier alpha value is -0.650. The standard InChI is InChI=1S/C18H32N2O3/c21-17(7-6-16-5-4-12-23-16)19-15-18(8-13-22-14-9-18)20-10-2-1-3-11-20/h16H,1-15H2,(H,19,21)/t16-/m0/s1. The molecule has 0 radical (unpaired) electrons. The van der Waals surface area contributed by atoms with Crippen LogP contribution in [0.25, 0.3) is 0 Å². The predicted octanol–water partition coefficient (Wildman–Crippen LogP) is 2.10. The van der Waals surface area contributed by atoms with Crippen LogP contribution < -0.4 is 5.32 Å². The molecule has 3 heterocycles. The van der Waals surface area contributed by atoms with Gasteiger partial charge in [-0.2, -0.15) is 0 Å². The molecule has 3 saturated heterocycles. The van der Waals surface area contributed by atoms with Crippen molar-refractivity contribution in [1.82, 2.24) is 10.2 Å². The molecule has 0 unspecified atom stereocenters. The molecule has 132 valence electrons. The minimum absolute atomic E-state index is 0.123. The molecule has 23 heavy (non-hydrogen) atoms. The fourth-order valence-electron chi connectivity index (χ4n) is 4.24. The zero-order valence-corrected chi connectivity index (χ0v) is 14.4. The van der Waals surface area contributed by atoms with Gasteiger partial charge >= 0.3 is 0 Å². The van der Waals surface area contributed by atoms with Gasteiger partial charge in [-0.15, -0.1) is 0 Å². The van der Waals surface area contributed by atoms with Crippen LogP contribution in [0.15, 0.2) is 0 Å². The van der Waals surface area contributed by atoms with Crippen LogP contribution in [0.1, 0.15) is 57.8 Å². The summed E-state index contributed by atoms with van der Waals surface area (Å²) in [5.41, 5.74) is 0.123. The normalized spacial score (nSPS) is 28.6. The first-order chi connectivity index (χ1) is 11.3. The number of amides is 1. The summed E-state index contributed by atoms with van der Waals surface area (Å²) in [7, 11) is 0. The molecule has 0 saturated carbocycles. The van der Waals surface area contributed by atoms with Gasteiger partial charge in [0, 0.05) is 38.3 Å². The summed E-state index contributed by atoms with van der Waals surface area (Å²) in [5.74, 6) is 0.184. The lowest BCUT2D eigenvalue weighted by atomic mass is 9.86. The monoisotopic (exact) mass is 324 g/mol. The number of rotatable bonds is 6. The third-order valence-electron chi connectivity index (χ3n) is 5.78. The summed E-state index contributed by atoms with van der Waals surface area (Å²) in [6.07, 6.45) is 10.0. The number of piperidine rings is 1. The first kappa shape index (κ1) is 17.2. The van der Waals surface area contributed by atoms with Gasteiger partial charge in [0.05, 0.1) is 6.10 Å². The number of hydrogen-bond donors (Lipinski definition) is 1. The Labute approximate surface area is 140 Å². The lowest BCUT2D eigenvalue weighted by Crippen LogP contribution is -2.59. The second-order valence-electron chi connectivity index (χ2n) is 7.33. The Bertz CT molecular complexity index is 370. The van der Waals surface area contributed by atoms with Gasteiger partial charge in [-0.1, -0.05) is 6.42 Å². The second-order valence-corrected chi connectivity index (χ2v) is 7.33. The van der Waals surface area contributed by atoms with Gasteiger partial charge in [0.15, 0.2) is 0 Å². The maximum absolute atomic E-state index is 12.3. The SMILES string of the molecule is O=C(CC[C@@H]1CCCO1)NCC1(N2CCCCC2)CCOCC1. The lowest BCUT2D eigenvalue weighted by molar-refractivity contribution is -0.123. The maximum Gasteiger partial charge on any atom is 0.220 e. The average Bonchev–Trinajstić information content (AvgIpc) is 3.13. The number of nitrogens with one attached hydrogen (secondary N) is 1. The molecule has 3 fully saturated rings. The summed E-state index contributed by atoms with van der Waals surface area (Å²) in [5, 5.41) is 3.22. The number of carbonyl (C=O) groups is 1.